The third-order valence-corrected chi connectivity index (χ3v) is 3.09. The number of aryl methyl sites for hydroxylation is 1. The quantitative estimate of drug-likeness (QED) is 0.777. The van der Waals surface area contributed by atoms with E-state index in [2.05, 4.69) is 10.4 Å². The van der Waals surface area contributed by atoms with Crippen LogP contribution in [0, 0.1) is 5.82 Å². The molecule has 0 aliphatic rings. The Hall–Kier alpha value is -2.69. The lowest BCUT2D eigenvalue weighted by atomic mass is 10.1. The van der Waals surface area contributed by atoms with Gasteiger partial charge < -0.3 is 5.32 Å². The molecule has 0 radical (unpaired) electrons. The molecule has 0 atom stereocenters. The maximum Gasteiger partial charge on any atom is 0.255 e. The number of aromatic nitrogens is 2. The fourth-order valence-corrected chi connectivity index (χ4v) is 2.05. The summed E-state index contributed by atoms with van der Waals surface area (Å²) in [6.45, 7) is 0. The zero-order valence-electron chi connectivity index (χ0n) is 10.8. The Balaban J connectivity index is 1.90. The molecule has 1 amide bonds. The highest BCUT2D eigenvalue weighted by Gasteiger charge is 2.09. The fraction of sp³-hybridized carbons (Fsp3) is 0.0667. The molecule has 0 aliphatic heterocycles. The number of hydrogen-bond donors (Lipinski definition) is 1. The summed E-state index contributed by atoms with van der Waals surface area (Å²) < 4.78 is 14.8. The van der Waals surface area contributed by atoms with Crippen molar-refractivity contribution in [2.45, 2.75) is 0 Å². The van der Waals surface area contributed by atoms with Crippen LogP contribution in [0.15, 0.2) is 48.7 Å². The second-order valence-corrected chi connectivity index (χ2v) is 4.51. The van der Waals surface area contributed by atoms with E-state index in [1.807, 2.05) is 13.1 Å². The molecule has 100 valence electrons. The molecule has 0 saturated carbocycles. The summed E-state index contributed by atoms with van der Waals surface area (Å²) in [7, 11) is 1.82. The topological polar surface area (TPSA) is 46.9 Å². The highest BCUT2D eigenvalue weighted by molar-refractivity contribution is 6.06. The van der Waals surface area contributed by atoms with E-state index in [4.69, 9.17) is 0 Å². The first-order chi connectivity index (χ1) is 9.63. The number of carbonyl (C=O) groups excluding carboxylic acids is 1. The van der Waals surface area contributed by atoms with Crippen molar-refractivity contribution in [3.05, 3.63) is 60.0 Å². The molecule has 3 aromatic rings. The number of halogens is 1. The molecule has 0 bridgehead atoms. The summed E-state index contributed by atoms with van der Waals surface area (Å²) in [6, 6.07) is 11.1. The van der Waals surface area contributed by atoms with Crippen molar-refractivity contribution in [3.63, 3.8) is 0 Å². The first kappa shape index (κ1) is 12.3. The van der Waals surface area contributed by atoms with E-state index < -0.39 is 0 Å². The number of hydrogen-bond acceptors (Lipinski definition) is 2. The molecule has 3 rings (SSSR count). The van der Waals surface area contributed by atoms with E-state index in [0.29, 0.717) is 11.3 Å². The molecule has 0 spiro atoms. The molecular formula is C15H12FN3O. The third-order valence-electron chi connectivity index (χ3n) is 3.09. The minimum atomic E-state index is -0.384. The number of amides is 1. The average molecular weight is 269 g/mol. The van der Waals surface area contributed by atoms with Crippen molar-refractivity contribution in [3.8, 4) is 0 Å². The van der Waals surface area contributed by atoms with E-state index in [1.54, 1.807) is 35.1 Å². The highest BCUT2D eigenvalue weighted by Crippen LogP contribution is 2.16. The number of fused-ring (bicyclic) bond motifs is 1. The maximum absolute atomic E-state index is 13.1. The van der Waals surface area contributed by atoms with Crippen molar-refractivity contribution >= 4 is 22.5 Å². The lowest BCUT2D eigenvalue weighted by Crippen LogP contribution is -2.12. The van der Waals surface area contributed by atoms with E-state index >= 15 is 0 Å². The first-order valence-corrected chi connectivity index (χ1v) is 6.12. The van der Waals surface area contributed by atoms with Crippen molar-refractivity contribution in [2.75, 3.05) is 5.32 Å². The van der Waals surface area contributed by atoms with Gasteiger partial charge in [-0.3, -0.25) is 9.48 Å². The van der Waals surface area contributed by atoms with Crippen molar-refractivity contribution in [1.29, 1.82) is 0 Å². The fourth-order valence-electron chi connectivity index (χ4n) is 2.05. The summed E-state index contributed by atoms with van der Waals surface area (Å²) >= 11 is 0. The molecular weight excluding hydrogens is 257 g/mol. The molecule has 0 aliphatic carbocycles. The zero-order chi connectivity index (χ0) is 14.1. The largest absolute Gasteiger partial charge is 0.322 e. The lowest BCUT2D eigenvalue weighted by molar-refractivity contribution is 0.102. The van der Waals surface area contributed by atoms with Crippen LogP contribution >= 0.6 is 0 Å². The predicted octanol–water partition coefficient (Wildman–Crippen LogP) is 2.96. The molecule has 0 fully saturated rings. The van der Waals surface area contributed by atoms with Gasteiger partial charge >= 0.3 is 0 Å². The molecule has 1 heterocycles. The van der Waals surface area contributed by atoms with Gasteiger partial charge in [0.2, 0.25) is 0 Å². The third kappa shape index (κ3) is 2.25. The molecule has 4 nitrogen and oxygen atoms in total. The smallest absolute Gasteiger partial charge is 0.255 e. The number of nitrogens with one attached hydrogen (secondary N) is 1. The summed E-state index contributed by atoms with van der Waals surface area (Å²) in [5.74, 6) is -0.663. The van der Waals surface area contributed by atoms with E-state index in [0.717, 1.165) is 10.9 Å². The Morgan fingerprint density at radius 2 is 2.10 bits per heavy atom. The number of carbonyl (C=O) groups is 1. The van der Waals surface area contributed by atoms with Gasteiger partial charge in [-0.2, -0.15) is 5.10 Å². The number of nitrogens with zero attached hydrogens (tertiary/aromatic N) is 2. The van der Waals surface area contributed by atoms with Gasteiger partial charge in [0.25, 0.3) is 5.91 Å². The van der Waals surface area contributed by atoms with E-state index in [-0.39, 0.29) is 11.7 Å². The van der Waals surface area contributed by atoms with Crippen molar-refractivity contribution in [2.24, 2.45) is 7.05 Å². The van der Waals surface area contributed by atoms with Gasteiger partial charge in [0.05, 0.1) is 11.7 Å². The molecule has 0 saturated heterocycles. The Morgan fingerprint density at radius 3 is 2.90 bits per heavy atom. The van der Waals surface area contributed by atoms with Gasteiger partial charge in [0.15, 0.2) is 0 Å². The summed E-state index contributed by atoms with van der Waals surface area (Å²) in [5, 5.41) is 7.76. The number of benzene rings is 2. The van der Waals surface area contributed by atoms with Crippen LogP contribution in [0.25, 0.3) is 10.9 Å². The number of rotatable bonds is 2. The highest BCUT2D eigenvalue weighted by atomic mass is 19.1. The van der Waals surface area contributed by atoms with Gasteiger partial charge in [0.1, 0.15) is 5.82 Å². The van der Waals surface area contributed by atoms with Crippen molar-refractivity contribution < 1.29 is 9.18 Å². The second kappa shape index (κ2) is 4.77. The van der Waals surface area contributed by atoms with Crippen molar-refractivity contribution in [1.82, 2.24) is 9.78 Å². The van der Waals surface area contributed by atoms with Crippen LogP contribution in [0.4, 0.5) is 10.1 Å². The second-order valence-electron chi connectivity index (χ2n) is 4.51. The molecule has 1 aromatic heterocycles. The van der Waals surface area contributed by atoms with Crippen LogP contribution in [-0.4, -0.2) is 15.7 Å². The zero-order valence-corrected chi connectivity index (χ0v) is 10.8. The monoisotopic (exact) mass is 269 g/mol. The van der Waals surface area contributed by atoms with Crippen LogP contribution < -0.4 is 5.32 Å². The van der Waals surface area contributed by atoms with Gasteiger partial charge in [-0.15, -0.1) is 0 Å². The van der Waals surface area contributed by atoms with Gasteiger partial charge in [-0.25, -0.2) is 4.39 Å². The molecule has 5 heteroatoms. The Morgan fingerprint density at radius 1 is 1.25 bits per heavy atom. The Kier molecular flexibility index (Phi) is 2.95. The van der Waals surface area contributed by atoms with Gasteiger partial charge in [0, 0.05) is 23.7 Å². The normalized spacial score (nSPS) is 10.7. The average Bonchev–Trinajstić information content (AvgIpc) is 2.80. The van der Waals surface area contributed by atoms with Crippen LogP contribution in [0.5, 0.6) is 0 Å². The first-order valence-electron chi connectivity index (χ1n) is 6.12. The molecule has 0 unspecified atom stereocenters. The lowest BCUT2D eigenvalue weighted by Gasteiger charge is -2.05. The van der Waals surface area contributed by atoms with Crippen LogP contribution in [0.2, 0.25) is 0 Å². The van der Waals surface area contributed by atoms with Gasteiger partial charge in [-0.05, 0) is 30.3 Å². The van der Waals surface area contributed by atoms with Crippen LogP contribution in [-0.2, 0) is 7.05 Å². The standard InChI is InChI=1S/C15H12FN3O/c1-19-14-7-10(5-6-11(14)9-17-19)15(20)18-13-4-2-3-12(16)8-13/h2-9H,1H3,(H,18,20). The summed E-state index contributed by atoms with van der Waals surface area (Å²) in [4.78, 5) is 12.1. The van der Waals surface area contributed by atoms with Crippen LogP contribution in [0.3, 0.4) is 0 Å². The van der Waals surface area contributed by atoms with Gasteiger partial charge in [-0.1, -0.05) is 12.1 Å². The number of anilines is 1. The minimum absolute atomic E-state index is 0.279. The Bertz CT molecular complexity index is 795. The molecule has 20 heavy (non-hydrogen) atoms. The molecule has 1 N–H and O–H groups in total. The SMILES string of the molecule is Cn1ncc2ccc(C(=O)Nc3cccc(F)c3)cc21. The van der Waals surface area contributed by atoms with Crippen LogP contribution in [0.1, 0.15) is 10.4 Å². The Labute approximate surface area is 114 Å². The summed E-state index contributed by atoms with van der Waals surface area (Å²) in [6.07, 6.45) is 1.74. The van der Waals surface area contributed by atoms with E-state index in [1.165, 1.54) is 12.1 Å². The summed E-state index contributed by atoms with van der Waals surface area (Å²) in [5.41, 5.74) is 1.81. The molecule has 2 aromatic carbocycles. The minimum Gasteiger partial charge on any atom is -0.322 e. The maximum atomic E-state index is 13.1. The predicted molar refractivity (Wildman–Crippen MR) is 75.1 cm³/mol. The van der Waals surface area contributed by atoms with E-state index in [9.17, 15) is 9.18 Å².